The fourth-order valence-electron chi connectivity index (χ4n) is 1.48. The molecule has 0 spiro atoms. The number of nitrogens with zero attached hydrogens (tertiary/aromatic N) is 1. The molecule has 15 heavy (non-hydrogen) atoms. The Morgan fingerprint density at radius 1 is 1.47 bits per heavy atom. The molecule has 2 heterocycles. The fraction of sp³-hybridized carbons (Fsp3) is 0.182. The first-order valence-electron chi connectivity index (χ1n) is 4.62. The van der Waals surface area contributed by atoms with E-state index >= 15 is 0 Å². The summed E-state index contributed by atoms with van der Waals surface area (Å²) in [5.41, 5.74) is 9.05. The molecule has 0 aromatic carbocycles. The molecule has 0 aliphatic heterocycles. The molecule has 3 N–H and O–H groups in total. The van der Waals surface area contributed by atoms with E-state index in [9.17, 15) is 5.11 Å². The summed E-state index contributed by atoms with van der Waals surface area (Å²) in [5.74, 6) is 0. The number of aliphatic hydroxyl groups is 1. The number of thiophene rings is 1. The van der Waals surface area contributed by atoms with Gasteiger partial charge < -0.3 is 10.8 Å². The second-order valence-electron chi connectivity index (χ2n) is 3.32. The Kier molecular flexibility index (Phi) is 2.70. The van der Waals surface area contributed by atoms with E-state index in [1.165, 1.54) is 0 Å². The Balaban J connectivity index is 2.63. The maximum absolute atomic E-state index is 9.27. The van der Waals surface area contributed by atoms with Crippen molar-refractivity contribution < 1.29 is 5.11 Å². The first-order chi connectivity index (χ1) is 7.24. The minimum atomic E-state index is -0.0770. The number of aryl methyl sites for hydroxylation is 1. The van der Waals surface area contributed by atoms with E-state index in [2.05, 4.69) is 4.98 Å². The minimum Gasteiger partial charge on any atom is -0.398 e. The summed E-state index contributed by atoms with van der Waals surface area (Å²) in [7, 11) is 0. The van der Waals surface area contributed by atoms with Crippen LogP contribution >= 0.6 is 11.3 Å². The maximum Gasteiger partial charge on any atom is 0.0880 e. The Bertz CT molecular complexity index is 479. The maximum atomic E-state index is 9.27. The van der Waals surface area contributed by atoms with E-state index in [0.29, 0.717) is 11.3 Å². The third-order valence-corrected chi connectivity index (χ3v) is 3.35. The van der Waals surface area contributed by atoms with Crippen LogP contribution in [-0.2, 0) is 6.61 Å². The van der Waals surface area contributed by atoms with Crippen molar-refractivity contribution in [3.63, 3.8) is 0 Å². The number of nitrogen functional groups attached to an aromatic ring is 1. The van der Waals surface area contributed by atoms with Crippen LogP contribution in [0.15, 0.2) is 23.7 Å². The monoisotopic (exact) mass is 220 g/mol. The van der Waals surface area contributed by atoms with Crippen LogP contribution in [0, 0.1) is 6.92 Å². The number of hydrogen-bond donors (Lipinski definition) is 2. The van der Waals surface area contributed by atoms with Gasteiger partial charge in [-0.2, -0.15) is 0 Å². The molecule has 0 bridgehead atoms. The second kappa shape index (κ2) is 4.00. The molecule has 2 rings (SSSR count). The zero-order valence-corrected chi connectivity index (χ0v) is 9.21. The number of nitrogens with two attached hydrogens (primary N) is 1. The lowest BCUT2D eigenvalue weighted by Gasteiger charge is -2.08. The molecule has 0 radical (unpaired) electrons. The Labute approximate surface area is 92.2 Å². The van der Waals surface area contributed by atoms with Crippen molar-refractivity contribution in [3.05, 3.63) is 34.8 Å². The highest BCUT2D eigenvalue weighted by molar-refractivity contribution is 7.13. The molecule has 0 saturated heterocycles. The van der Waals surface area contributed by atoms with Crippen LogP contribution in [0.25, 0.3) is 10.6 Å². The average Bonchev–Trinajstić information content (AvgIpc) is 2.64. The molecule has 2 aromatic heterocycles. The van der Waals surface area contributed by atoms with Gasteiger partial charge in [-0.15, -0.1) is 11.3 Å². The standard InChI is InChI=1S/C11H12N2OS/c1-7-3-5-15-11(7)10-8(6-14)9(12)2-4-13-10/h2-5,14H,6H2,1H3,(H2,12,13). The third-order valence-electron chi connectivity index (χ3n) is 2.33. The van der Waals surface area contributed by atoms with Gasteiger partial charge >= 0.3 is 0 Å². The van der Waals surface area contributed by atoms with Crippen molar-refractivity contribution in [2.45, 2.75) is 13.5 Å². The Morgan fingerprint density at radius 3 is 2.87 bits per heavy atom. The predicted octanol–water partition coefficient (Wildman–Crippen LogP) is 2.19. The van der Waals surface area contributed by atoms with Crippen molar-refractivity contribution in [2.24, 2.45) is 0 Å². The van der Waals surface area contributed by atoms with Crippen LogP contribution in [0.2, 0.25) is 0 Å². The summed E-state index contributed by atoms with van der Waals surface area (Å²) in [4.78, 5) is 5.36. The molecular formula is C11H12N2OS. The van der Waals surface area contributed by atoms with E-state index < -0.39 is 0 Å². The molecule has 78 valence electrons. The summed E-state index contributed by atoms with van der Waals surface area (Å²) in [6, 6.07) is 3.74. The molecule has 2 aromatic rings. The van der Waals surface area contributed by atoms with Gasteiger partial charge in [0.25, 0.3) is 0 Å². The molecule has 0 fully saturated rings. The van der Waals surface area contributed by atoms with Gasteiger partial charge in [0.2, 0.25) is 0 Å². The molecule has 4 heteroatoms. The molecule has 0 amide bonds. The van der Waals surface area contributed by atoms with Crippen LogP contribution in [0.4, 0.5) is 5.69 Å². The van der Waals surface area contributed by atoms with Crippen molar-refractivity contribution in [1.29, 1.82) is 0 Å². The molecule has 0 unspecified atom stereocenters. The highest BCUT2D eigenvalue weighted by Gasteiger charge is 2.11. The van der Waals surface area contributed by atoms with Gasteiger partial charge in [0.15, 0.2) is 0 Å². The van der Waals surface area contributed by atoms with E-state index in [4.69, 9.17) is 5.73 Å². The number of rotatable bonds is 2. The van der Waals surface area contributed by atoms with Crippen molar-refractivity contribution in [1.82, 2.24) is 4.98 Å². The number of hydrogen-bond acceptors (Lipinski definition) is 4. The number of aromatic nitrogens is 1. The Hall–Kier alpha value is -1.39. The van der Waals surface area contributed by atoms with E-state index in [1.807, 2.05) is 18.4 Å². The van der Waals surface area contributed by atoms with Crippen LogP contribution in [-0.4, -0.2) is 10.1 Å². The number of aliphatic hydroxyl groups excluding tert-OH is 1. The van der Waals surface area contributed by atoms with Gasteiger partial charge in [-0.1, -0.05) is 0 Å². The molecule has 0 saturated carbocycles. The second-order valence-corrected chi connectivity index (χ2v) is 4.23. The summed E-state index contributed by atoms with van der Waals surface area (Å²) in [6.45, 7) is 1.95. The molecule has 0 aliphatic carbocycles. The number of pyridine rings is 1. The lowest BCUT2D eigenvalue weighted by Crippen LogP contribution is -1.99. The van der Waals surface area contributed by atoms with Crippen molar-refractivity contribution in [2.75, 3.05) is 5.73 Å². The summed E-state index contributed by atoms with van der Waals surface area (Å²) >= 11 is 1.61. The normalized spacial score (nSPS) is 10.5. The van der Waals surface area contributed by atoms with Gasteiger partial charge in [-0.05, 0) is 30.0 Å². The largest absolute Gasteiger partial charge is 0.398 e. The Morgan fingerprint density at radius 2 is 2.27 bits per heavy atom. The molecule has 0 atom stereocenters. The predicted molar refractivity (Wildman–Crippen MR) is 62.6 cm³/mol. The van der Waals surface area contributed by atoms with Gasteiger partial charge in [0.05, 0.1) is 17.2 Å². The van der Waals surface area contributed by atoms with Gasteiger partial charge in [-0.25, -0.2) is 0 Å². The number of anilines is 1. The molecule has 3 nitrogen and oxygen atoms in total. The van der Waals surface area contributed by atoms with E-state index in [0.717, 1.165) is 16.1 Å². The summed E-state index contributed by atoms with van der Waals surface area (Å²) in [6.07, 6.45) is 1.67. The fourth-order valence-corrected chi connectivity index (χ4v) is 2.43. The van der Waals surface area contributed by atoms with Crippen molar-refractivity contribution >= 4 is 17.0 Å². The molecular weight excluding hydrogens is 208 g/mol. The highest BCUT2D eigenvalue weighted by Crippen LogP contribution is 2.32. The summed E-state index contributed by atoms with van der Waals surface area (Å²) in [5, 5.41) is 11.3. The van der Waals surface area contributed by atoms with Crippen LogP contribution in [0.3, 0.4) is 0 Å². The zero-order chi connectivity index (χ0) is 10.8. The third kappa shape index (κ3) is 1.73. The van der Waals surface area contributed by atoms with Crippen LogP contribution in [0.5, 0.6) is 0 Å². The van der Waals surface area contributed by atoms with Crippen LogP contribution < -0.4 is 5.73 Å². The van der Waals surface area contributed by atoms with Gasteiger partial charge in [-0.3, -0.25) is 4.98 Å². The SMILES string of the molecule is Cc1ccsc1-c1nccc(N)c1CO. The average molecular weight is 220 g/mol. The van der Waals surface area contributed by atoms with E-state index in [-0.39, 0.29) is 6.61 Å². The zero-order valence-electron chi connectivity index (χ0n) is 8.40. The lowest BCUT2D eigenvalue weighted by atomic mass is 10.1. The lowest BCUT2D eigenvalue weighted by molar-refractivity contribution is 0.282. The molecule has 0 aliphatic rings. The smallest absolute Gasteiger partial charge is 0.0880 e. The first-order valence-corrected chi connectivity index (χ1v) is 5.50. The highest BCUT2D eigenvalue weighted by atomic mass is 32.1. The van der Waals surface area contributed by atoms with Gasteiger partial charge in [0, 0.05) is 17.4 Å². The van der Waals surface area contributed by atoms with Crippen LogP contribution in [0.1, 0.15) is 11.1 Å². The first kappa shape index (κ1) is 10.1. The van der Waals surface area contributed by atoms with Crippen molar-refractivity contribution in [3.8, 4) is 10.6 Å². The van der Waals surface area contributed by atoms with E-state index in [1.54, 1.807) is 23.6 Å². The van der Waals surface area contributed by atoms with Gasteiger partial charge in [0.1, 0.15) is 0 Å². The quantitative estimate of drug-likeness (QED) is 0.815. The summed E-state index contributed by atoms with van der Waals surface area (Å²) < 4.78 is 0. The topological polar surface area (TPSA) is 59.1 Å². The minimum absolute atomic E-state index is 0.0770.